The van der Waals surface area contributed by atoms with Gasteiger partial charge in [0.2, 0.25) is 0 Å². The van der Waals surface area contributed by atoms with E-state index in [-0.39, 0.29) is 18.1 Å². The van der Waals surface area contributed by atoms with E-state index < -0.39 is 4.92 Å². The summed E-state index contributed by atoms with van der Waals surface area (Å²) >= 11 is 0. The lowest BCUT2D eigenvalue weighted by Gasteiger charge is -2.04. The van der Waals surface area contributed by atoms with E-state index in [1.165, 1.54) is 13.0 Å². The average Bonchev–Trinajstić information content (AvgIpc) is 2.16. The summed E-state index contributed by atoms with van der Waals surface area (Å²) in [6.45, 7) is 2.97. The molecular formula is C10H11NO4. The molecule has 0 heterocycles. The van der Waals surface area contributed by atoms with Gasteiger partial charge in [0, 0.05) is 5.56 Å². The maximum absolute atomic E-state index is 10.6. The highest BCUT2D eigenvalue weighted by atomic mass is 16.6. The molecule has 1 aromatic carbocycles. The molecule has 80 valence electrons. The van der Waals surface area contributed by atoms with Crippen LogP contribution in [0.3, 0.4) is 0 Å². The number of hydrogen-bond acceptors (Lipinski definition) is 4. The molecule has 0 amide bonds. The predicted octanol–water partition coefficient (Wildman–Crippen LogP) is 1.87. The zero-order valence-electron chi connectivity index (χ0n) is 8.52. The van der Waals surface area contributed by atoms with Gasteiger partial charge in [-0.1, -0.05) is 0 Å². The maximum atomic E-state index is 10.6. The molecule has 1 aromatic rings. The number of benzene rings is 1. The molecule has 1 rings (SSSR count). The molecule has 0 N–H and O–H groups in total. The zero-order valence-corrected chi connectivity index (χ0v) is 8.52. The highest BCUT2D eigenvalue weighted by Crippen LogP contribution is 2.23. The lowest BCUT2D eigenvalue weighted by molar-refractivity contribution is -0.385. The van der Waals surface area contributed by atoms with Gasteiger partial charge in [0.05, 0.1) is 11.0 Å². The van der Waals surface area contributed by atoms with Gasteiger partial charge in [-0.25, -0.2) is 0 Å². The number of nitrogens with zero attached hydrogens (tertiary/aromatic N) is 1. The van der Waals surface area contributed by atoms with Gasteiger partial charge in [0.25, 0.3) is 5.69 Å². The fourth-order valence-corrected chi connectivity index (χ4v) is 1.06. The van der Waals surface area contributed by atoms with Crippen LogP contribution in [0.15, 0.2) is 18.2 Å². The molecule has 5 nitrogen and oxygen atoms in total. The number of Topliss-reactive ketones (excluding diaryl/α,β-unsaturated/α-hetero) is 1. The Balaban J connectivity index is 2.87. The Hall–Kier alpha value is -1.91. The monoisotopic (exact) mass is 209 g/mol. The molecule has 0 saturated heterocycles. The van der Waals surface area contributed by atoms with Crippen molar-refractivity contribution in [1.82, 2.24) is 0 Å². The number of ether oxygens (including phenoxy) is 1. The summed E-state index contributed by atoms with van der Waals surface area (Å²) in [5.41, 5.74) is 0.561. The van der Waals surface area contributed by atoms with Crippen LogP contribution in [0.1, 0.15) is 12.5 Å². The van der Waals surface area contributed by atoms with Gasteiger partial charge >= 0.3 is 0 Å². The fraction of sp³-hybridized carbons (Fsp3) is 0.300. The average molecular weight is 209 g/mol. The number of carbonyl (C=O) groups is 1. The summed E-state index contributed by atoms with van der Waals surface area (Å²) < 4.78 is 5.06. The number of aryl methyl sites for hydroxylation is 1. The summed E-state index contributed by atoms with van der Waals surface area (Å²) in [6.07, 6.45) is 0. The van der Waals surface area contributed by atoms with Crippen molar-refractivity contribution in [3.8, 4) is 5.75 Å². The van der Waals surface area contributed by atoms with E-state index in [1.807, 2.05) is 0 Å². The predicted molar refractivity (Wildman–Crippen MR) is 54.0 cm³/mol. The third-order valence-corrected chi connectivity index (χ3v) is 1.82. The fourth-order valence-electron chi connectivity index (χ4n) is 1.06. The third-order valence-electron chi connectivity index (χ3n) is 1.82. The Kier molecular flexibility index (Phi) is 3.38. The van der Waals surface area contributed by atoms with Crippen LogP contribution in [0.2, 0.25) is 0 Å². The van der Waals surface area contributed by atoms with E-state index in [9.17, 15) is 14.9 Å². The molecule has 0 aliphatic rings. The van der Waals surface area contributed by atoms with Gasteiger partial charge in [0.1, 0.15) is 12.4 Å². The quantitative estimate of drug-likeness (QED) is 0.560. The second-order valence-corrected chi connectivity index (χ2v) is 3.20. The van der Waals surface area contributed by atoms with Crippen LogP contribution in [-0.2, 0) is 4.79 Å². The Labute approximate surface area is 86.8 Å². The summed E-state index contributed by atoms with van der Waals surface area (Å²) in [7, 11) is 0. The van der Waals surface area contributed by atoms with Crippen molar-refractivity contribution in [3.63, 3.8) is 0 Å². The van der Waals surface area contributed by atoms with Gasteiger partial charge in [0.15, 0.2) is 5.78 Å². The number of hydrogen-bond donors (Lipinski definition) is 0. The first-order chi connectivity index (χ1) is 7.00. The SMILES string of the molecule is CC(=O)COc1ccc(C)c([N+](=O)[O-])c1. The molecule has 0 aliphatic heterocycles. The van der Waals surface area contributed by atoms with E-state index in [4.69, 9.17) is 4.74 Å². The molecule has 0 atom stereocenters. The minimum absolute atomic E-state index is 0.00366. The van der Waals surface area contributed by atoms with Crippen LogP contribution in [0.25, 0.3) is 0 Å². The van der Waals surface area contributed by atoms with Crippen molar-refractivity contribution in [1.29, 1.82) is 0 Å². The Bertz CT molecular complexity index is 400. The van der Waals surface area contributed by atoms with Crippen molar-refractivity contribution in [3.05, 3.63) is 33.9 Å². The smallest absolute Gasteiger partial charge is 0.276 e. The third kappa shape index (κ3) is 3.05. The highest BCUT2D eigenvalue weighted by molar-refractivity contribution is 5.77. The van der Waals surface area contributed by atoms with Gasteiger partial charge in [-0.2, -0.15) is 0 Å². The van der Waals surface area contributed by atoms with E-state index in [0.717, 1.165) is 0 Å². The molecular weight excluding hydrogens is 198 g/mol. The van der Waals surface area contributed by atoms with Crippen LogP contribution in [-0.4, -0.2) is 17.3 Å². The van der Waals surface area contributed by atoms with E-state index >= 15 is 0 Å². The second kappa shape index (κ2) is 4.54. The normalized spacial score (nSPS) is 9.73. The summed E-state index contributed by atoms with van der Waals surface area (Å²) in [4.78, 5) is 20.8. The Morgan fingerprint density at radius 2 is 2.20 bits per heavy atom. The Morgan fingerprint density at radius 3 is 2.73 bits per heavy atom. The number of ketones is 1. The summed E-state index contributed by atoms with van der Waals surface area (Å²) in [5, 5.41) is 10.6. The molecule has 0 fully saturated rings. The van der Waals surface area contributed by atoms with Crippen molar-refractivity contribution < 1.29 is 14.5 Å². The number of rotatable bonds is 4. The molecule has 0 bridgehead atoms. The van der Waals surface area contributed by atoms with Crippen LogP contribution in [0.5, 0.6) is 5.75 Å². The van der Waals surface area contributed by atoms with Gasteiger partial charge in [-0.15, -0.1) is 0 Å². The second-order valence-electron chi connectivity index (χ2n) is 3.20. The number of nitro benzene ring substituents is 1. The highest BCUT2D eigenvalue weighted by Gasteiger charge is 2.11. The van der Waals surface area contributed by atoms with Crippen LogP contribution in [0.4, 0.5) is 5.69 Å². The van der Waals surface area contributed by atoms with Crippen LogP contribution in [0, 0.1) is 17.0 Å². The van der Waals surface area contributed by atoms with Gasteiger partial charge in [-0.3, -0.25) is 14.9 Å². The first-order valence-electron chi connectivity index (χ1n) is 4.38. The van der Waals surface area contributed by atoms with Crippen molar-refractivity contribution in [2.24, 2.45) is 0 Å². The Morgan fingerprint density at radius 1 is 1.53 bits per heavy atom. The standard InChI is InChI=1S/C10H11NO4/c1-7-3-4-9(15-6-8(2)12)5-10(7)11(13)14/h3-5H,6H2,1-2H3. The molecule has 0 unspecified atom stereocenters. The molecule has 0 saturated carbocycles. The molecule has 0 aromatic heterocycles. The molecule has 5 heteroatoms. The van der Waals surface area contributed by atoms with Crippen LogP contribution < -0.4 is 4.74 Å². The first kappa shape index (κ1) is 11.2. The number of carbonyl (C=O) groups excluding carboxylic acids is 1. The maximum Gasteiger partial charge on any atom is 0.276 e. The lowest BCUT2D eigenvalue weighted by Crippen LogP contribution is -2.06. The van der Waals surface area contributed by atoms with Crippen LogP contribution >= 0.6 is 0 Å². The lowest BCUT2D eigenvalue weighted by atomic mass is 10.2. The van der Waals surface area contributed by atoms with Crippen molar-refractivity contribution in [2.75, 3.05) is 6.61 Å². The zero-order chi connectivity index (χ0) is 11.4. The van der Waals surface area contributed by atoms with Crippen molar-refractivity contribution >= 4 is 11.5 Å². The summed E-state index contributed by atoms with van der Waals surface area (Å²) in [5.74, 6) is 0.209. The van der Waals surface area contributed by atoms with E-state index in [2.05, 4.69) is 0 Å². The minimum atomic E-state index is -0.476. The first-order valence-corrected chi connectivity index (χ1v) is 4.38. The molecule has 0 spiro atoms. The minimum Gasteiger partial charge on any atom is -0.486 e. The summed E-state index contributed by atoms with van der Waals surface area (Å²) in [6, 6.07) is 4.51. The molecule has 15 heavy (non-hydrogen) atoms. The van der Waals surface area contributed by atoms with E-state index in [0.29, 0.717) is 11.3 Å². The molecule has 0 aliphatic carbocycles. The van der Waals surface area contributed by atoms with Gasteiger partial charge in [-0.05, 0) is 26.0 Å². The van der Waals surface area contributed by atoms with Crippen molar-refractivity contribution in [2.45, 2.75) is 13.8 Å². The topological polar surface area (TPSA) is 69.4 Å². The largest absolute Gasteiger partial charge is 0.486 e. The molecule has 0 radical (unpaired) electrons. The van der Waals surface area contributed by atoms with E-state index in [1.54, 1.807) is 19.1 Å². The van der Waals surface area contributed by atoms with Gasteiger partial charge < -0.3 is 4.74 Å². The number of nitro groups is 1.